The molecule has 5 heteroatoms. The molecule has 4 rings (SSSR count). The van der Waals surface area contributed by atoms with Crippen molar-refractivity contribution in [2.45, 2.75) is 6.42 Å². The molecule has 2 heterocycles. The van der Waals surface area contributed by atoms with Crippen LogP contribution in [0.4, 0.5) is 0 Å². The van der Waals surface area contributed by atoms with Crippen LogP contribution in [0.5, 0.6) is 0 Å². The molecule has 0 radical (unpaired) electrons. The molecule has 0 spiro atoms. The summed E-state index contributed by atoms with van der Waals surface area (Å²) in [5, 5.41) is 3.18. The Kier molecular flexibility index (Phi) is 3.92. The zero-order valence-corrected chi connectivity index (χ0v) is 14.2. The Balaban J connectivity index is 1.82. The molecule has 4 aromatic rings. The largest absolute Gasteiger partial charge is 0.310 e. The number of nitrogens with one attached hydrogen (secondary N) is 1. The first kappa shape index (κ1) is 15.1. The lowest BCUT2D eigenvalue weighted by atomic mass is 10.1. The molecule has 118 valence electrons. The van der Waals surface area contributed by atoms with Crippen LogP contribution in [-0.4, -0.2) is 9.97 Å². The molecule has 2 aromatic heterocycles. The Morgan fingerprint density at radius 2 is 1.75 bits per heavy atom. The minimum Gasteiger partial charge on any atom is -0.310 e. The minimum absolute atomic E-state index is 0.123. The number of hydrogen-bond donors (Lipinski definition) is 1. The number of aromatic amines is 1. The number of fused-ring (bicyclic) bond motifs is 1. The monoisotopic (exact) mass is 352 g/mol. The summed E-state index contributed by atoms with van der Waals surface area (Å²) in [6, 6.07) is 17.5. The number of aromatic nitrogens is 2. The molecule has 3 nitrogen and oxygen atoms in total. The van der Waals surface area contributed by atoms with E-state index in [1.165, 1.54) is 11.3 Å². The van der Waals surface area contributed by atoms with Crippen molar-refractivity contribution in [3.63, 3.8) is 0 Å². The van der Waals surface area contributed by atoms with E-state index in [1.807, 2.05) is 60.0 Å². The number of hydrogen-bond acceptors (Lipinski definition) is 3. The third-order valence-electron chi connectivity index (χ3n) is 3.87. The predicted octanol–water partition coefficient (Wildman–Crippen LogP) is 4.90. The van der Waals surface area contributed by atoms with E-state index >= 15 is 0 Å². The Hall–Kier alpha value is -2.43. The summed E-state index contributed by atoms with van der Waals surface area (Å²) >= 11 is 7.75. The molecule has 0 saturated heterocycles. The third kappa shape index (κ3) is 2.75. The highest BCUT2D eigenvalue weighted by atomic mass is 35.5. The van der Waals surface area contributed by atoms with Crippen molar-refractivity contribution in [3.05, 3.63) is 86.7 Å². The van der Waals surface area contributed by atoms with Crippen LogP contribution in [0.1, 0.15) is 11.4 Å². The van der Waals surface area contributed by atoms with E-state index in [-0.39, 0.29) is 5.56 Å². The SMILES string of the molecule is O=c1[nH]c(Cc2ccccc2)nc2scc(-c3ccccc3Cl)c12. The summed E-state index contributed by atoms with van der Waals surface area (Å²) in [6.45, 7) is 0. The summed E-state index contributed by atoms with van der Waals surface area (Å²) in [6.07, 6.45) is 0.603. The molecule has 0 aliphatic carbocycles. The van der Waals surface area contributed by atoms with Gasteiger partial charge in [-0.1, -0.05) is 60.1 Å². The number of H-pyrrole nitrogens is 1. The quantitative estimate of drug-likeness (QED) is 0.570. The predicted molar refractivity (Wildman–Crippen MR) is 99.9 cm³/mol. The van der Waals surface area contributed by atoms with E-state index in [0.29, 0.717) is 22.7 Å². The molecule has 0 amide bonds. The van der Waals surface area contributed by atoms with Crippen molar-refractivity contribution in [2.75, 3.05) is 0 Å². The van der Waals surface area contributed by atoms with Crippen LogP contribution < -0.4 is 5.56 Å². The molecule has 1 N–H and O–H groups in total. The first-order chi connectivity index (χ1) is 11.7. The lowest BCUT2D eigenvalue weighted by Gasteiger charge is -2.04. The highest BCUT2D eigenvalue weighted by molar-refractivity contribution is 7.17. The maximum absolute atomic E-state index is 12.6. The molecule has 0 fully saturated rings. The molecule has 0 atom stereocenters. The second kappa shape index (κ2) is 6.23. The van der Waals surface area contributed by atoms with Crippen molar-refractivity contribution < 1.29 is 0 Å². The van der Waals surface area contributed by atoms with Gasteiger partial charge >= 0.3 is 0 Å². The van der Waals surface area contributed by atoms with Crippen molar-refractivity contribution in [1.29, 1.82) is 0 Å². The van der Waals surface area contributed by atoms with Crippen LogP contribution in [0.2, 0.25) is 5.02 Å². The summed E-state index contributed by atoms with van der Waals surface area (Å²) in [7, 11) is 0. The average Bonchev–Trinajstić information content (AvgIpc) is 3.00. The van der Waals surface area contributed by atoms with E-state index in [2.05, 4.69) is 9.97 Å². The zero-order chi connectivity index (χ0) is 16.5. The van der Waals surface area contributed by atoms with Crippen molar-refractivity contribution >= 4 is 33.2 Å². The van der Waals surface area contributed by atoms with Crippen LogP contribution in [0.25, 0.3) is 21.3 Å². The topological polar surface area (TPSA) is 45.8 Å². The Bertz CT molecular complexity index is 1070. The fraction of sp³-hybridized carbons (Fsp3) is 0.0526. The Morgan fingerprint density at radius 3 is 2.54 bits per heavy atom. The first-order valence-corrected chi connectivity index (χ1v) is 8.77. The number of halogens is 1. The fourth-order valence-electron chi connectivity index (χ4n) is 2.74. The van der Waals surface area contributed by atoms with Gasteiger partial charge in [0.25, 0.3) is 5.56 Å². The van der Waals surface area contributed by atoms with Gasteiger partial charge in [-0.25, -0.2) is 4.98 Å². The molecule has 0 unspecified atom stereocenters. The van der Waals surface area contributed by atoms with Crippen LogP contribution in [-0.2, 0) is 6.42 Å². The van der Waals surface area contributed by atoms with E-state index in [0.717, 1.165) is 21.5 Å². The highest BCUT2D eigenvalue weighted by Crippen LogP contribution is 2.34. The van der Waals surface area contributed by atoms with Gasteiger partial charge in [0.2, 0.25) is 0 Å². The van der Waals surface area contributed by atoms with Crippen molar-refractivity contribution in [3.8, 4) is 11.1 Å². The number of thiophene rings is 1. The molecule has 24 heavy (non-hydrogen) atoms. The summed E-state index contributed by atoms with van der Waals surface area (Å²) in [5.74, 6) is 0.672. The first-order valence-electron chi connectivity index (χ1n) is 7.51. The smallest absolute Gasteiger partial charge is 0.260 e. The maximum Gasteiger partial charge on any atom is 0.260 e. The van der Waals surface area contributed by atoms with Gasteiger partial charge in [0.15, 0.2) is 0 Å². The summed E-state index contributed by atoms with van der Waals surface area (Å²) in [5.41, 5.74) is 2.68. The zero-order valence-electron chi connectivity index (χ0n) is 12.6. The third-order valence-corrected chi connectivity index (χ3v) is 5.07. The Morgan fingerprint density at radius 1 is 1.00 bits per heavy atom. The maximum atomic E-state index is 12.6. The van der Waals surface area contributed by atoms with Crippen LogP contribution in [0.3, 0.4) is 0 Å². The second-order valence-electron chi connectivity index (χ2n) is 5.48. The fourth-order valence-corrected chi connectivity index (χ4v) is 3.94. The highest BCUT2D eigenvalue weighted by Gasteiger charge is 2.14. The summed E-state index contributed by atoms with van der Waals surface area (Å²) in [4.78, 5) is 20.9. The van der Waals surface area contributed by atoms with Gasteiger partial charge in [0, 0.05) is 28.0 Å². The van der Waals surface area contributed by atoms with E-state index in [9.17, 15) is 4.79 Å². The van der Waals surface area contributed by atoms with Crippen LogP contribution in [0, 0.1) is 0 Å². The van der Waals surface area contributed by atoms with Crippen LogP contribution in [0.15, 0.2) is 64.8 Å². The normalized spacial score (nSPS) is 11.0. The van der Waals surface area contributed by atoms with Gasteiger partial charge in [-0.05, 0) is 11.6 Å². The molecular formula is C19H13ClN2OS. The minimum atomic E-state index is -0.123. The van der Waals surface area contributed by atoms with Crippen molar-refractivity contribution in [2.24, 2.45) is 0 Å². The lowest BCUT2D eigenvalue weighted by molar-refractivity contribution is 0.977. The van der Waals surface area contributed by atoms with Gasteiger partial charge in [-0.15, -0.1) is 11.3 Å². The molecule has 2 aromatic carbocycles. The van der Waals surface area contributed by atoms with E-state index < -0.39 is 0 Å². The lowest BCUT2D eigenvalue weighted by Crippen LogP contribution is -2.11. The molecule has 0 bridgehead atoms. The second-order valence-corrected chi connectivity index (χ2v) is 6.75. The standard InChI is InChI=1S/C19H13ClN2OS/c20-15-9-5-4-8-13(15)14-11-24-19-17(14)18(23)21-16(22-19)10-12-6-2-1-3-7-12/h1-9,11H,10H2,(H,21,22,23). The van der Waals surface area contributed by atoms with E-state index in [4.69, 9.17) is 11.6 Å². The molecule has 0 aliphatic rings. The van der Waals surface area contributed by atoms with Gasteiger partial charge in [0.05, 0.1) is 5.39 Å². The van der Waals surface area contributed by atoms with Crippen molar-refractivity contribution in [1.82, 2.24) is 9.97 Å². The summed E-state index contributed by atoms with van der Waals surface area (Å²) < 4.78 is 0. The number of benzene rings is 2. The van der Waals surface area contributed by atoms with Gasteiger partial charge in [0.1, 0.15) is 10.7 Å². The molecule has 0 saturated carbocycles. The van der Waals surface area contributed by atoms with E-state index in [1.54, 1.807) is 0 Å². The number of nitrogens with zero attached hydrogens (tertiary/aromatic N) is 1. The Labute approximate surface area is 147 Å². The van der Waals surface area contributed by atoms with Crippen LogP contribution >= 0.6 is 22.9 Å². The van der Waals surface area contributed by atoms with Gasteiger partial charge in [-0.3, -0.25) is 4.79 Å². The molecule has 0 aliphatic heterocycles. The van der Waals surface area contributed by atoms with Gasteiger partial charge < -0.3 is 4.98 Å². The molecular weight excluding hydrogens is 340 g/mol. The van der Waals surface area contributed by atoms with Gasteiger partial charge in [-0.2, -0.15) is 0 Å². The average molecular weight is 353 g/mol. The number of rotatable bonds is 3.